The summed E-state index contributed by atoms with van der Waals surface area (Å²) >= 11 is 1.60. The molecule has 5 nitrogen and oxygen atoms in total. The van der Waals surface area contributed by atoms with Crippen molar-refractivity contribution >= 4 is 27.5 Å². The Morgan fingerprint density at radius 1 is 0.929 bits per heavy atom. The number of anilines is 1. The number of morpholine rings is 1. The molecule has 0 unspecified atom stereocenters. The average molecular weight is 386 g/mol. The first-order chi connectivity index (χ1) is 13.9. The van der Waals surface area contributed by atoms with Crippen LogP contribution in [0.25, 0.3) is 32.9 Å². The number of hydrogen-bond donors (Lipinski definition) is 0. The van der Waals surface area contributed by atoms with Gasteiger partial charge in [0.25, 0.3) is 0 Å². The van der Waals surface area contributed by atoms with Crippen molar-refractivity contribution in [3.8, 4) is 22.5 Å². The lowest BCUT2D eigenvalue weighted by Gasteiger charge is -2.28. The van der Waals surface area contributed by atoms with Crippen LogP contribution in [0.5, 0.6) is 0 Å². The number of rotatable bonds is 2. The maximum atomic E-state index is 5.51. The molecule has 4 aromatic rings. The predicted molar refractivity (Wildman–Crippen MR) is 112 cm³/mol. The highest BCUT2D eigenvalue weighted by Crippen LogP contribution is 2.38. The summed E-state index contributed by atoms with van der Waals surface area (Å²) in [6.07, 6.45) is 0.967. The first-order valence-electron chi connectivity index (χ1n) is 9.52. The fraction of sp³-hybridized carbons (Fsp3) is 0.227. The molecule has 2 aliphatic rings. The Bertz CT molecular complexity index is 1200. The number of fused-ring (bicyclic) bond motifs is 4. The van der Waals surface area contributed by atoms with E-state index < -0.39 is 0 Å². The molecule has 2 aromatic heterocycles. The normalized spacial score (nSPS) is 15.6. The summed E-state index contributed by atoms with van der Waals surface area (Å²) < 4.78 is 6.57. The van der Waals surface area contributed by atoms with E-state index in [2.05, 4.69) is 52.3 Å². The maximum absolute atomic E-state index is 5.51. The van der Waals surface area contributed by atoms with Crippen molar-refractivity contribution in [2.24, 2.45) is 0 Å². The zero-order chi connectivity index (χ0) is 18.5. The molecule has 1 aliphatic heterocycles. The molecule has 0 saturated carbocycles. The number of benzene rings is 2. The zero-order valence-electron chi connectivity index (χ0n) is 15.3. The highest BCUT2D eigenvalue weighted by atomic mass is 32.1. The van der Waals surface area contributed by atoms with E-state index >= 15 is 0 Å². The van der Waals surface area contributed by atoms with Gasteiger partial charge in [0.05, 0.1) is 18.7 Å². The lowest BCUT2D eigenvalue weighted by molar-refractivity contribution is 0.122. The van der Waals surface area contributed by atoms with Crippen molar-refractivity contribution in [2.45, 2.75) is 6.42 Å². The Hall–Kier alpha value is -2.83. The van der Waals surface area contributed by atoms with Crippen LogP contribution in [0.1, 0.15) is 11.1 Å². The quantitative estimate of drug-likeness (QED) is 0.456. The van der Waals surface area contributed by atoms with Gasteiger partial charge in [-0.3, -0.25) is 0 Å². The molecular weight excluding hydrogens is 368 g/mol. The van der Waals surface area contributed by atoms with Gasteiger partial charge in [0.1, 0.15) is 4.70 Å². The van der Waals surface area contributed by atoms with E-state index in [1.54, 1.807) is 11.3 Å². The molecule has 6 rings (SSSR count). The topological polar surface area (TPSA) is 51.1 Å². The van der Waals surface area contributed by atoms with Crippen molar-refractivity contribution in [3.63, 3.8) is 0 Å². The van der Waals surface area contributed by atoms with Crippen LogP contribution in [-0.2, 0) is 11.2 Å². The first-order valence-corrected chi connectivity index (χ1v) is 10.4. The van der Waals surface area contributed by atoms with Gasteiger partial charge in [0, 0.05) is 18.7 Å². The van der Waals surface area contributed by atoms with E-state index in [4.69, 9.17) is 14.7 Å². The van der Waals surface area contributed by atoms with E-state index in [-0.39, 0.29) is 0 Å². The fourth-order valence-electron chi connectivity index (χ4n) is 4.15. The summed E-state index contributed by atoms with van der Waals surface area (Å²) in [6, 6.07) is 15.2. The Kier molecular flexibility index (Phi) is 3.67. The number of hydrogen-bond acceptors (Lipinski definition) is 6. The summed E-state index contributed by atoms with van der Waals surface area (Å²) in [6.45, 7) is 3.17. The van der Waals surface area contributed by atoms with Crippen molar-refractivity contribution in [1.82, 2.24) is 15.0 Å². The standard InChI is InChI=1S/C22H18N4OS/c1-2-4-17-14(3-1)11-16-12-15(5-6-18(16)17)20-24-21-19(28-13-23-21)22(25-20)26-7-9-27-10-8-26/h1-6,12-13H,7-11H2. The highest BCUT2D eigenvalue weighted by Gasteiger charge is 2.22. The van der Waals surface area contributed by atoms with Crippen LogP contribution in [0, 0.1) is 0 Å². The first kappa shape index (κ1) is 16.2. The minimum atomic E-state index is 0.733. The lowest BCUT2D eigenvalue weighted by Crippen LogP contribution is -2.36. The van der Waals surface area contributed by atoms with Crippen LogP contribution >= 0.6 is 11.3 Å². The SMILES string of the molecule is c1ccc2c(c1)Cc1cc(-c3nc(N4CCOCC4)c4scnc4n3)ccc1-2. The molecule has 0 atom stereocenters. The second kappa shape index (κ2) is 6.36. The van der Waals surface area contributed by atoms with Crippen molar-refractivity contribution in [3.05, 3.63) is 59.1 Å². The summed E-state index contributed by atoms with van der Waals surface area (Å²) in [4.78, 5) is 16.5. The second-order valence-electron chi connectivity index (χ2n) is 7.18. The predicted octanol–water partition coefficient (Wildman–Crippen LogP) is 4.16. The van der Waals surface area contributed by atoms with Crippen LogP contribution in [0.4, 0.5) is 5.82 Å². The second-order valence-corrected chi connectivity index (χ2v) is 8.04. The van der Waals surface area contributed by atoms with Crippen molar-refractivity contribution in [1.29, 1.82) is 0 Å². The summed E-state index contributed by atoms with van der Waals surface area (Å²) in [5.41, 5.74) is 9.08. The molecule has 3 heterocycles. The van der Waals surface area contributed by atoms with Crippen LogP contribution in [0.15, 0.2) is 48.0 Å². The summed E-state index contributed by atoms with van der Waals surface area (Å²) in [5.74, 6) is 1.73. The van der Waals surface area contributed by atoms with Crippen LogP contribution in [0.3, 0.4) is 0 Å². The van der Waals surface area contributed by atoms with E-state index in [9.17, 15) is 0 Å². The van der Waals surface area contributed by atoms with E-state index in [0.29, 0.717) is 0 Å². The van der Waals surface area contributed by atoms with Crippen LogP contribution < -0.4 is 4.90 Å². The molecule has 0 bridgehead atoms. The zero-order valence-corrected chi connectivity index (χ0v) is 16.1. The number of aromatic nitrogens is 3. The Morgan fingerprint density at radius 3 is 2.71 bits per heavy atom. The third-order valence-corrected chi connectivity index (χ3v) is 6.35. The number of nitrogens with zero attached hydrogens (tertiary/aromatic N) is 4. The van der Waals surface area contributed by atoms with Gasteiger partial charge in [-0.15, -0.1) is 11.3 Å². The molecule has 0 N–H and O–H groups in total. The van der Waals surface area contributed by atoms with Gasteiger partial charge in [0.2, 0.25) is 0 Å². The molecule has 6 heteroatoms. The number of ether oxygens (including phenoxy) is 1. The Morgan fingerprint density at radius 2 is 1.79 bits per heavy atom. The molecule has 138 valence electrons. The van der Waals surface area contributed by atoms with Crippen molar-refractivity contribution < 1.29 is 4.74 Å². The summed E-state index contributed by atoms with van der Waals surface area (Å²) in [5, 5.41) is 0. The Balaban J connectivity index is 1.46. The van der Waals surface area contributed by atoms with E-state index in [0.717, 1.165) is 60.3 Å². The molecule has 28 heavy (non-hydrogen) atoms. The third-order valence-electron chi connectivity index (χ3n) is 5.54. The van der Waals surface area contributed by atoms with Gasteiger partial charge < -0.3 is 9.64 Å². The largest absolute Gasteiger partial charge is 0.378 e. The molecule has 2 aromatic carbocycles. The van der Waals surface area contributed by atoms with Gasteiger partial charge >= 0.3 is 0 Å². The molecule has 1 saturated heterocycles. The lowest BCUT2D eigenvalue weighted by atomic mass is 10.0. The molecular formula is C22H18N4OS. The van der Waals surface area contributed by atoms with Gasteiger partial charge in [-0.1, -0.05) is 36.4 Å². The van der Waals surface area contributed by atoms with Crippen LogP contribution in [0.2, 0.25) is 0 Å². The monoisotopic (exact) mass is 386 g/mol. The van der Waals surface area contributed by atoms with Gasteiger partial charge in [0.15, 0.2) is 17.3 Å². The van der Waals surface area contributed by atoms with Crippen LogP contribution in [-0.4, -0.2) is 41.3 Å². The molecule has 0 spiro atoms. The smallest absolute Gasteiger partial charge is 0.176 e. The molecule has 0 amide bonds. The van der Waals surface area contributed by atoms with Gasteiger partial charge in [-0.2, -0.15) is 0 Å². The maximum Gasteiger partial charge on any atom is 0.176 e. The van der Waals surface area contributed by atoms with E-state index in [1.807, 2.05) is 5.51 Å². The van der Waals surface area contributed by atoms with E-state index in [1.165, 1.54) is 22.3 Å². The summed E-state index contributed by atoms with van der Waals surface area (Å²) in [7, 11) is 0. The molecule has 0 radical (unpaired) electrons. The molecule has 1 aliphatic carbocycles. The fourth-order valence-corrected chi connectivity index (χ4v) is 4.89. The van der Waals surface area contributed by atoms with Gasteiger partial charge in [-0.25, -0.2) is 15.0 Å². The molecule has 1 fully saturated rings. The Labute approximate surface area is 166 Å². The average Bonchev–Trinajstić information content (AvgIpc) is 3.37. The minimum Gasteiger partial charge on any atom is -0.378 e. The highest BCUT2D eigenvalue weighted by molar-refractivity contribution is 7.17. The van der Waals surface area contributed by atoms with Crippen molar-refractivity contribution in [2.75, 3.05) is 31.2 Å². The van der Waals surface area contributed by atoms with Gasteiger partial charge in [-0.05, 0) is 34.7 Å². The minimum absolute atomic E-state index is 0.733. The third kappa shape index (κ3) is 2.52. The number of thiazole rings is 1.